The third-order valence-corrected chi connectivity index (χ3v) is 5.18. The van der Waals surface area contributed by atoms with E-state index in [1.165, 1.54) is 11.6 Å². The predicted molar refractivity (Wildman–Crippen MR) is 112 cm³/mol. The van der Waals surface area contributed by atoms with Gasteiger partial charge in [-0.15, -0.1) is 0 Å². The zero-order valence-corrected chi connectivity index (χ0v) is 17.4. The second kappa shape index (κ2) is 7.67. The van der Waals surface area contributed by atoms with E-state index in [4.69, 9.17) is 10.2 Å². The summed E-state index contributed by atoms with van der Waals surface area (Å²) in [7, 11) is 1.43. The molecule has 0 aliphatic carbocycles. The fourth-order valence-electron chi connectivity index (χ4n) is 3.09. The number of aromatic nitrogens is 2. The van der Waals surface area contributed by atoms with Crippen molar-refractivity contribution in [2.75, 3.05) is 17.7 Å². The number of hydrogen-bond acceptors (Lipinski definition) is 5. The van der Waals surface area contributed by atoms with Gasteiger partial charge in [0.15, 0.2) is 11.4 Å². The van der Waals surface area contributed by atoms with Crippen LogP contribution in [-0.4, -0.2) is 22.5 Å². The van der Waals surface area contributed by atoms with Crippen molar-refractivity contribution in [3.8, 4) is 0 Å². The quantitative estimate of drug-likeness (QED) is 0.622. The number of carbonyl (C=O) groups excluding carboxylic acids is 1. The molecule has 0 aliphatic rings. The minimum atomic E-state index is -0.720. The molecule has 0 fully saturated rings. The van der Waals surface area contributed by atoms with E-state index in [0.717, 1.165) is 21.2 Å². The minimum absolute atomic E-state index is 0.0467. The largest absolute Gasteiger partial charge is 0.451 e. The molecule has 3 aromatic rings. The number of halogens is 1. The molecule has 3 rings (SSSR count). The molecule has 0 aliphatic heterocycles. The molecule has 2 heterocycles. The molecule has 2 aromatic heterocycles. The van der Waals surface area contributed by atoms with Gasteiger partial charge in [-0.25, -0.2) is 4.79 Å². The summed E-state index contributed by atoms with van der Waals surface area (Å²) in [6, 6.07) is 5.43. The lowest BCUT2D eigenvalue weighted by molar-refractivity contribution is 0.0967. The molecule has 9 heteroatoms. The number of nitrogens with two attached hydrogens (primary N) is 1. The van der Waals surface area contributed by atoms with Gasteiger partial charge < -0.3 is 15.1 Å². The molecular formula is C19H21BrN4O4. The summed E-state index contributed by atoms with van der Waals surface area (Å²) in [6.07, 6.45) is 1.56. The molecule has 0 saturated heterocycles. The number of nitrogens with one attached hydrogen (secondary N) is 1. The molecule has 3 N–H and O–H groups in total. The van der Waals surface area contributed by atoms with Gasteiger partial charge in [0.25, 0.3) is 11.5 Å². The number of anilines is 2. The van der Waals surface area contributed by atoms with Crippen LogP contribution in [0.4, 0.5) is 11.5 Å². The fraction of sp³-hybridized carbons (Fsp3) is 0.316. The Kier molecular flexibility index (Phi) is 5.46. The van der Waals surface area contributed by atoms with Crippen molar-refractivity contribution < 1.29 is 9.21 Å². The topological polar surface area (TPSA) is 114 Å². The normalized spacial score (nSPS) is 11.1. The maximum absolute atomic E-state index is 13.1. The summed E-state index contributed by atoms with van der Waals surface area (Å²) in [4.78, 5) is 40.9. The summed E-state index contributed by atoms with van der Waals surface area (Å²) in [5.74, 6) is -0.460. The standard InChI is InChI=1S/C19H21BrN4O4/c1-4-5-8-24-16(21)14(17(25)22-19(24)27)23(3)18(26)15-10(2)12-9-11(20)6-7-13(12)28-15/h6-7,9H,4-5,8,21H2,1-3H3,(H,22,25,27). The second-order valence-corrected chi connectivity index (χ2v) is 7.47. The van der Waals surface area contributed by atoms with Crippen LogP contribution in [0.15, 0.2) is 36.7 Å². The highest BCUT2D eigenvalue weighted by Gasteiger charge is 2.26. The van der Waals surface area contributed by atoms with Crippen LogP contribution in [0.3, 0.4) is 0 Å². The molecule has 0 unspecified atom stereocenters. The van der Waals surface area contributed by atoms with Crippen LogP contribution < -0.4 is 21.9 Å². The number of aryl methyl sites for hydroxylation is 1. The molecule has 148 valence electrons. The van der Waals surface area contributed by atoms with Gasteiger partial charge in [-0.1, -0.05) is 29.3 Å². The monoisotopic (exact) mass is 448 g/mol. The van der Waals surface area contributed by atoms with Crippen LogP contribution in [0.5, 0.6) is 0 Å². The van der Waals surface area contributed by atoms with Crippen LogP contribution in [0, 0.1) is 6.92 Å². The number of nitrogens with zero attached hydrogens (tertiary/aromatic N) is 2. The number of fused-ring (bicyclic) bond motifs is 1. The highest BCUT2D eigenvalue weighted by Crippen LogP contribution is 2.29. The van der Waals surface area contributed by atoms with Gasteiger partial charge in [0.2, 0.25) is 0 Å². The predicted octanol–water partition coefficient (Wildman–Crippen LogP) is 3.01. The number of amides is 1. The van der Waals surface area contributed by atoms with Gasteiger partial charge in [0.1, 0.15) is 11.4 Å². The SMILES string of the molecule is CCCCn1c(N)c(N(C)C(=O)c2oc3ccc(Br)cc3c2C)c(=O)[nH]c1=O. The molecule has 0 saturated carbocycles. The lowest BCUT2D eigenvalue weighted by Gasteiger charge is -2.19. The maximum atomic E-state index is 13.1. The number of nitrogen functional groups attached to an aromatic ring is 1. The van der Waals surface area contributed by atoms with Gasteiger partial charge in [0, 0.05) is 29.0 Å². The zero-order chi connectivity index (χ0) is 20.6. The van der Waals surface area contributed by atoms with Crippen LogP contribution in [0.25, 0.3) is 11.0 Å². The Morgan fingerprint density at radius 2 is 2.07 bits per heavy atom. The van der Waals surface area contributed by atoms with Crippen LogP contribution in [0.1, 0.15) is 35.9 Å². The third kappa shape index (κ3) is 3.37. The van der Waals surface area contributed by atoms with Crippen molar-refractivity contribution in [3.63, 3.8) is 0 Å². The van der Waals surface area contributed by atoms with Crippen molar-refractivity contribution in [1.29, 1.82) is 0 Å². The average molecular weight is 449 g/mol. The lowest BCUT2D eigenvalue weighted by atomic mass is 10.1. The average Bonchev–Trinajstić information content (AvgIpc) is 2.96. The van der Waals surface area contributed by atoms with Crippen molar-refractivity contribution >= 4 is 44.3 Å². The molecule has 8 nitrogen and oxygen atoms in total. The smallest absolute Gasteiger partial charge is 0.330 e. The van der Waals surface area contributed by atoms with Gasteiger partial charge in [-0.05, 0) is 31.5 Å². The highest BCUT2D eigenvalue weighted by molar-refractivity contribution is 9.10. The van der Waals surface area contributed by atoms with Crippen molar-refractivity contribution in [2.24, 2.45) is 0 Å². The van der Waals surface area contributed by atoms with E-state index in [2.05, 4.69) is 20.9 Å². The molecule has 0 atom stereocenters. The van der Waals surface area contributed by atoms with E-state index in [-0.39, 0.29) is 17.3 Å². The molecule has 1 aromatic carbocycles. The van der Waals surface area contributed by atoms with Crippen LogP contribution in [-0.2, 0) is 6.54 Å². The Morgan fingerprint density at radius 3 is 2.75 bits per heavy atom. The number of benzene rings is 1. The van der Waals surface area contributed by atoms with E-state index in [0.29, 0.717) is 24.1 Å². The molecule has 0 spiro atoms. The molecule has 0 bridgehead atoms. The first-order valence-corrected chi connectivity index (χ1v) is 9.64. The van der Waals surface area contributed by atoms with E-state index in [1.54, 1.807) is 13.0 Å². The summed E-state index contributed by atoms with van der Waals surface area (Å²) in [5.41, 5.74) is 5.91. The van der Waals surface area contributed by atoms with E-state index < -0.39 is 17.2 Å². The first kappa shape index (κ1) is 19.9. The Bertz CT molecular complexity index is 1180. The van der Waals surface area contributed by atoms with E-state index >= 15 is 0 Å². The van der Waals surface area contributed by atoms with Gasteiger partial charge >= 0.3 is 5.69 Å². The number of aromatic amines is 1. The molecule has 0 radical (unpaired) electrons. The lowest BCUT2D eigenvalue weighted by Crippen LogP contribution is -2.39. The summed E-state index contributed by atoms with van der Waals surface area (Å²) in [5, 5.41) is 0.793. The number of carbonyl (C=O) groups is 1. The van der Waals surface area contributed by atoms with Gasteiger partial charge in [-0.2, -0.15) is 0 Å². The van der Waals surface area contributed by atoms with E-state index in [9.17, 15) is 14.4 Å². The maximum Gasteiger partial charge on any atom is 0.330 e. The summed E-state index contributed by atoms with van der Waals surface area (Å²) >= 11 is 3.40. The van der Waals surface area contributed by atoms with Gasteiger partial charge in [0.05, 0.1) is 0 Å². The van der Waals surface area contributed by atoms with Crippen molar-refractivity contribution in [2.45, 2.75) is 33.2 Å². The number of rotatable bonds is 5. The molecule has 28 heavy (non-hydrogen) atoms. The minimum Gasteiger partial charge on any atom is -0.451 e. The number of furan rings is 1. The Labute approximate surface area is 169 Å². The fourth-order valence-corrected chi connectivity index (χ4v) is 3.45. The first-order chi connectivity index (χ1) is 13.3. The zero-order valence-electron chi connectivity index (χ0n) is 15.8. The Morgan fingerprint density at radius 1 is 1.36 bits per heavy atom. The van der Waals surface area contributed by atoms with Crippen molar-refractivity contribution in [1.82, 2.24) is 9.55 Å². The number of unbranched alkanes of at least 4 members (excludes halogenated alkanes) is 1. The second-order valence-electron chi connectivity index (χ2n) is 6.56. The first-order valence-electron chi connectivity index (χ1n) is 8.85. The highest BCUT2D eigenvalue weighted by atomic mass is 79.9. The van der Waals surface area contributed by atoms with E-state index in [1.807, 2.05) is 19.1 Å². The number of hydrogen-bond donors (Lipinski definition) is 2. The summed E-state index contributed by atoms with van der Waals surface area (Å²) < 4.78 is 7.85. The Hall–Kier alpha value is -2.81. The van der Waals surface area contributed by atoms with Crippen LogP contribution in [0.2, 0.25) is 0 Å². The van der Waals surface area contributed by atoms with Crippen LogP contribution >= 0.6 is 15.9 Å². The van der Waals surface area contributed by atoms with Crippen molar-refractivity contribution in [3.05, 3.63) is 54.8 Å². The molecular weight excluding hydrogens is 428 g/mol. The van der Waals surface area contributed by atoms with Gasteiger partial charge in [-0.3, -0.25) is 19.1 Å². The summed E-state index contributed by atoms with van der Waals surface area (Å²) in [6.45, 7) is 4.10. The Balaban J connectivity index is 2.08. The third-order valence-electron chi connectivity index (χ3n) is 4.68. The number of H-pyrrole nitrogens is 1. The molecule has 1 amide bonds.